The lowest BCUT2D eigenvalue weighted by Crippen LogP contribution is -2.14. The van der Waals surface area contributed by atoms with Crippen LogP contribution in [0.2, 0.25) is 0 Å². The summed E-state index contributed by atoms with van der Waals surface area (Å²) >= 11 is 0. The van der Waals surface area contributed by atoms with Crippen molar-refractivity contribution in [1.29, 1.82) is 0 Å². The Morgan fingerprint density at radius 2 is 2.05 bits per heavy atom. The van der Waals surface area contributed by atoms with E-state index in [1.54, 1.807) is 23.7 Å². The van der Waals surface area contributed by atoms with Gasteiger partial charge in [0.25, 0.3) is 0 Å². The number of hydrogen-bond acceptors (Lipinski definition) is 5. The number of anilines is 1. The van der Waals surface area contributed by atoms with Gasteiger partial charge in [-0.3, -0.25) is 0 Å². The predicted octanol–water partition coefficient (Wildman–Crippen LogP) is 1.72. The molecule has 0 aliphatic rings. The van der Waals surface area contributed by atoms with E-state index in [0.29, 0.717) is 11.5 Å². The molecule has 0 saturated carbocycles. The molecule has 0 aliphatic heterocycles. The van der Waals surface area contributed by atoms with Crippen molar-refractivity contribution in [3.63, 3.8) is 0 Å². The lowest BCUT2D eigenvalue weighted by molar-refractivity contribution is 0.510. The minimum Gasteiger partial charge on any atom is -0.399 e. The number of hydrogen-bond donors (Lipinski definition) is 1. The van der Waals surface area contributed by atoms with Gasteiger partial charge in [0.1, 0.15) is 17.9 Å². The fourth-order valence-electron chi connectivity index (χ4n) is 1.90. The summed E-state index contributed by atoms with van der Waals surface area (Å²) in [5.41, 5.74) is 7.04. The molecule has 7 heteroatoms. The number of nitrogens with two attached hydrogens (primary N) is 1. The van der Waals surface area contributed by atoms with Gasteiger partial charge >= 0.3 is 0 Å². The topological polar surface area (TPSA) is 90.9 Å². The molecule has 1 heterocycles. The van der Waals surface area contributed by atoms with Crippen molar-refractivity contribution in [2.24, 2.45) is 0 Å². The van der Waals surface area contributed by atoms with E-state index in [1.807, 2.05) is 13.8 Å². The zero-order chi connectivity index (χ0) is 14.9. The van der Waals surface area contributed by atoms with Crippen molar-refractivity contribution in [3.05, 3.63) is 35.9 Å². The van der Waals surface area contributed by atoms with Crippen molar-refractivity contribution in [2.75, 3.05) is 5.73 Å². The third-order valence-corrected chi connectivity index (χ3v) is 4.67. The van der Waals surface area contributed by atoms with Crippen LogP contribution in [-0.4, -0.2) is 23.2 Å². The Kier molecular flexibility index (Phi) is 3.80. The Hall–Kier alpha value is -1.89. The van der Waals surface area contributed by atoms with E-state index in [4.69, 9.17) is 5.73 Å². The predicted molar refractivity (Wildman–Crippen MR) is 76.9 cm³/mol. The summed E-state index contributed by atoms with van der Waals surface area (Å²) in [7, 11) is -3.46. The molecule has 0 spiro atoms. The third-order valence-electron chi connectivity index (χ3n) is 3.06. The van der Waals surface area contributed by atoms with Crippen molar-refractivity contribution >= 4 is 15.5 Å². The first-order chi connectivity index (χ1) is 9.31. The van der Waals surface area contributed by atoms with Gasteiger partial charge in [0.05, 0.1) is 4.90 Å². The minimum absolute atomic E-state index is 0.0656. The van der Waals surface area contributed by atoms with E-state index in [9.17, 15) is 8.42 Å². The Bertz CT molecular complexity index is 720. The first-order valence-electron chi connectivity index (χ1n) is 6.28. The molecule has 108 valence electrons. The van der Waals surface area contributed by atoms with Gasteiger partial charge in [0.2, 0.25) is 0 Å². The van der Waals surface area contributed by atoms with Crippen LogP contribution in [-0.2, 0) is 15.6 Å². The molecule has 0 atom stereocenters. The summed E-state index contributed by atoms with van der Waals surface area (Å²) in [5.74, 6) is 0.267. The minimum atomic E-state index is -3.46. The Morgan fingerprint density at radius 1 is 1.35 bits per heavy atom. The van der Waals surface area contributed by atoms with Gasteiger partial charge in [-0.15, -0.1) is 0 Å². The van der Waals surface area contributed by atoms with Crippen LogP contribution in [0.15, 0.2) is 29.4 Å². The highest BCUT2D eigenvalue weighted by Gasteiger charge is 2.20. The van der Waals surface area contributed by atoms with E-state index in [1.165, 1.54) is 12.4 Å². The number of rotatable bonds is 4. The molecular formula is C13H18N4O2S. The number of aryl methyl sites for hydroxylation is 1. The zero-order valence-corrected chi connectivity index (χ0v) is 12.6. The fraction of sp³-hybridized carbons (Fsp3) is 0.385. The van der Waals surface area contributed by atoms with Gasteiger partial charge in [-0.05, 0) is 44.5 Å². The lowest BCUT2D eigenvalue weighted by atomic mass is 10.2. The second-order valence-corrected chi connectivity index (χ2v) is 6.98. The van der Waals surface area contributed by atoms with Gasteiger partial charge in [0.15, 0.2) is 9.84 Å². The van der Waals surface area contributed by atoms with Crippen LogP contribution in [0.3, 0.4) is 0 Å². The Balaban J connectivity index is 2.36. The molecule has 0 unspecified atom stereocenters. The molecule has 2 rings (SSSR count). The van der Waals surface area contributed by atoms with Gasteiger partial charge in [-0.25, -0.2) is 18.1 Å². The van der Waals surface area contributed by atoms with Gasteiger partial charge < -0.3 is 5.73 Å². The normalized spacial score (nSPS) is 12.0. The molecule has 1 aromatic heterocycles. The van der Waals surface area contributed by atoms with Gasteiger partial charge in [-0.1, -0.05) is 0 Å². The van der Waals surface area contributed by atoms with E-state index < -0.39 is 9.84 Å². The van der Waals surface area contributed by atoms with Crippen LogP contribution in [0.1, 0.15) is 31.3 Å². The molecule has 0 aliphatic carbocycles. The molecular weight excluding hydrogens is 276 g/mol. The Labute approximate surface area is 118 Å². The second-order valence-electron chi connectivity index (χ2n) is 4.99. The first-order valence-corrected chi connectivity index (χ1v) is 7.94. The number of nitrogen functional groups attached to an aromatic ring is 1. The fourth-order valence-corrected chi connectivity index (χ4v) is 3.25. The van der Waals surface area contributed by atoms with E-state index in [0.717, 1.165) is 5.56 Å². The molecule has 20 heavy (non-hydrogen) atoms. The maximum absolute atomic E-state index is 12.4. The zero-order valence-electron chi connectivity index (χ0n) is 11.7. The summed E-state index contributed by atoms with van der Waals surface area (Å²) in [6, 6.07) is 4.78. The highest BCUT2D eigenvalue weighted by molar-refractivity contribution is 7.90. The quantitative estimate of drug-likeness (QED) is 0.867. The molecule has 0 radical (unpaired) electrons. The van der Waals surface area contributed by atoms with Crippen LogP contribution >= 0.6 is 0 Å². The number of aromatic nitrogens is 3. The van der Waals surface area contributed by atoms with Gasteiger partial charge in [0, 0.05) is 11.7 Å². The molecule has 1 aromatic carbocycles. The smallest absolute Gasteiger partial charge is 0.185 e. The molecule has 2 aromatic rings. The maximum atomic E-state index is 12.4. The second kappa shape index (κ2) is 5.24. The monoisotopic (exact) mass is 294 g/mol. The highest BCUT2D eigenvalue weighted by Crippen LogP contribution is 2.20. The molecule has 6 nitrogen and oxygen atoms in total. The van der Waals surface area contributed by atoms with E-state index in [-0.39, 0.29) is 16.7 Å². The summed E-state index contributed by atoms with van der Waals surface area (Å²) in [5, 5.41) is 4.05. The standard InChI is InChI=1S/C13H18N4O2S/c1-9(2)17-13(15-8-16-17)7-20(18,19)11-4-5-12(14)10(3)6-11/h4-6,8-9H,7,14H2,1-3H3. The van der Waals surface area contributed by atoms with Gasteiger partial charge in [-0.2, -0.15) is 5.10 Å². The lowest BCUT2D eigenvalue weighted by Gasteiger charge is -2.10. The van der Waals surface area contributed by atoms with Crippen LogP contribution < -0.4 is 5.73 Å². The molecule has 2 N–H and O–H groups in total. The molecule has 0 amide bonds. The summed E-state index contributed by atoms with van der Waals surface area (Å²) in [4.78, 5) is 4.29. The van der Waals surface area contributed by atoms with Crippen molar-refractivity contribution < 1.29 is 8.42 Å². The highest BCUT2D eigenvalue weighted by atomic mass is 32.2. The number of benzene rings is 1. The molecule has 0 saturated heterocycles. The van der Waals surface area contributed by atoms with Crippen molar-refractivity contribution in [2.45, 2.75) is 37.5 Å². The van der Waals surface area contributed by atoms with Crippen molar-refractivity contribution in [3.8, 4) is 0 Å². The van der Waals surface area contributed by atoms with E-state index >= 15 is 0 Å². The third kappa shape index (κ3) is 2.82. The van der Waals surface area contributed by atoms with Crippen LogP contribution in [0.5, 0.6) is 0 Å². The van der Waals surface area contributed by atoms with Crippen LogP contribution in [0.4, 0.5) is 5.69 Å². The SMILES string of the molecule is Cc1cc(S(=O)(=O)Cc2ncnn2C(C)C)ccc1N. The Morgan fingerprint density at radius 3 is 2.65 bits per heavy atom. The summed E-state index contributed by atoms with van der Waals surface area (Å²) in [6.07, 6.45) is 1.37. The van der Waals surface area contributed by atoms with Crippen LogP contribution in [0.25, 0.3) is 0 Å². The average Bonchev–Trinajstić information content (AvgIpc) is 2.80. The number of nitrogens with zero attached hydrogens (tertiary/aromatic N) is 3. The number of sulfone groups is 1. The molecule has 0 fully saturated rings. The summed E-state index contributed by atoms with van der Waals surface area (Å²) in [6.45, 7) is 5.64. The molecule has 0 bridgehead atoms. The largest absolute Gasteiger partial charge is 0.399 e. The first kappa shape index (κ1) is 14.5. The van der Waals surface area contributed by atoms with Crippen LogP contribution in [0, 0.1) is 6.92 Å². The maximum Gasteiger partial charge on any atom is 0.185 e. The van der Waals surface area contributed by atoms with E-state index in [2.05, 4.69) is 10.1 Å². The summed E-state index contributed by atoms with van der Waals surface area (Å²) < 4.78 is 26.4. The average molecular weight is 294 g/mol. The van der Waals surface area contributed by atoms with Crippen molar-refractivity contribution in [1.82, 2.24) is 14.8 Å².